The van der Waals surface area contributed by atoms with E-state index < -0.39 is 0 Å². The number of hydrogen-bond acceptors (Lipinski definition) is 2. The third-order valence-corrected chi connectivity index (χ3v) is 1.55. The van der Waals surface area contributed by atoms with E-state index in [4.69, 9.17) is 4.74 Å². The van der Waals surface area contributed by atoms with Crippen molar-refractivity contribution in [1.29, 1.82) is 0 Å². The highest BCUT2D eigenvalue weighted by Crippen LogP contribution is 2.00. The maximum atomic E-state index is 10.9. The minimum Gasteiger partial charge on any atom is -0.431 e. The van der Waals surface area contributed by atoms with Gasteiger partial charge in [-0.05, 0) is 18.6 Å². The lowest BCUT2D eigenvalue weighted by Crippen LogP contribution is -1.92. The summed E-state index contributed by atoms with van der Waals surface area (Å²) in [4.78, 5) is 10.9. The predicted molar refractivity (Wildman–Crippen MR) is 56.4 cm³/mol. The van der Waals surface area contributed by atoms with Gasteiger partial charge in [-0.1, -0.05) is 36.4 Å². The monoisotopic (exact) mass is 188 g/mol. The van der Waals surface area contributed by atoms with Gasteiger partial charge in [0.25, 0.3) is 0 Å². The summed E-state index contributed by atoms with van der Waals surface area (Å²) < 4.78 is 4.78. The molecule has 0 saturated heterocycles. The van der Waals surface area contributed by atoms with Gasteiger partial charge < -0.3 is 4.74 Å². The topological polar surface area (TPSA) is 26.3 Å². The second-order valence-corrected chi connectivity index (χ2v) is 2.65. The Balaban J connectivity index is 2.46. The number of carbonyl (C=O) groups excluding carboxylic acids is 1. The Labute approximate surface area is 83.5 Å². The summed E-state index contributed by atoms with van der Waals surface area (Å²) in [5.41, 5.74) is 1.00. The highest BCUT2D eigenvalue weighted by atomic mass is 16.5. The highest BCUT2D eigenvalue weighted by molar-refractivity contribution is 5.82. The van der Waals surface area contributed by atoms with Crippen LogP contribution in [0.25, 0.3) is 6.08 Å². The fraction of sp³-hybridized carbons (Fsp3) is 0.0833. The Bertz CT molecular complexity index is 337. The number of rotatable bonds is 3. The molecule has 0 heterocycles. The summed E-state index contributed by atoms with van der Waals surface area (Å²) in [6.07, 6.45) is 6.13. The van der Waals surface area contributed by atoms with Gasteiger partial charge in [0, 0.05) is 6.08 Å². The standard InChI is InChI=1S/C12H12O2/c1-2-6-12(13)14-10-9-11-7-4-3-5-8-11/h2-10H,1H3. The van der Waals surface area contributed by atoms with Crippen molar-refractivity contribution in [3.05, 3.63) is 54.3 Å². The Hall–Kier alpha value is -1.83. The van der Waals surface area contributed by atoms with Gasteiger partial charge in [-0.15, -0.1) is 0 Å². The molecule has 2 nitrogen and oxygen atoms in total. The molecule has 0 aliphatic heterocycles. The van der Waals surface area contributed by atoms with Crippen molar-refractivity contribution in [3.8, 4) is 0 Å². The molecule has 0 N–H and O–H groups in total. The number of esters is 1. The van der Waals surface area contributed by atoms with E-state index in [-0.39, 0.29) is 5.97 Å². The maximum absolute atomic E-state index is 10.9. The lowest BCUT2D eigenvalue weighted by atomic mass is 10.2. The number of carbonyl (C=O) groups is 1. The van der Waals surface area contributed by atoms with Gasteiger partial charge in [0.15, 0.2) is 0 Å². The fourth-order valence-electron chi connectivity index (χ4n) is 0.919. The van der Waals surface area contributed by atoms with Crippen molar-refractivity contribution in [2.75, 3.05) is 0 Å². The smallest absolute Gasteiger partial charge is 0.335 e. The summed E-state index contributed by atoms with van der Waals surface area (Å²) in [5.74, 6) is -0.361. The zero-order valence-electron chi connectivity index (χ0n) is 8.01. The molecule has 0 aliphatic carbocycles. The van der Waals surface area contributed by atoms with Crippen LogP contribution in [0.15, 0.2) is 48.7 Å². The van der Waals surface area contributed by atoms with Crippen LogP contribution in [0.2, 0.25) is 0 Å². The van der Waals surface area contributed by atoms with Crippen molar-refractivity contribution >= 4 is 12.0 Å². The van der Waals surface area contributed by atoms with E-state index in [1.807, 2.05) is 30.3 Å². The number of benzene rings is 1. The van der Waals surface area contributed by atoms with Crippen LogP contribution in [0.1, 0.15) is 12.5 Å². The van der Waals surface area contributed by atoms with E-state index in [0.29, 0.717) is 0 Å². The SMILES string of the molecule is CC=CC(=O)OC=Cc1ccccc1. The molecular weight excluding hydrogens is 176 g/mol. The molecule has 0 aliphatic rings. The average molecular weight is 188 g/mol. The molecule has 1 aromatic carbocycles. The normalized spacial score (nSPS) is 10.9. The predicted octanol–water partition coefficient (Wildman–Crippen LogP) is 2.78. The second kappa shape index (κ2) is 5.75. The molecule has 0 unspecified atom stereocenters. The molecule has 72 valence electrons. The first-order valence-electron chi connectivity index (χ1n) is 4.38. The van der Waals surface area contributed by atoms with E-state index in [9.17, 15) is 4.79 Å². The quantitative estimate of drug-likeness (QED) is 0.414. The zero-order valence-corrected chi connectivity index (χ0v) is 8.01. The molecular formula is C12H12O2. The van der Waals surface area contributed by atoms with Crippen molar-refractivity contribution in [2.24, 2.45) is 0 Å². The first-order chi connectivity index (χ1) is 6.83. The van der Waals surface area contributed by atoms with Gasteiger partial charge in [0.2, 0.25) is 0 Å². The van der Waals surface area contributed by atoms with Gasteiger partial charge in [-0.2, -0.15) is 0 Å². The largest absolute Gasteiger partial charge is 0.431 e. The second-order valence-electron chi connectivity index (χ2n) is 2.65. The van der Waals surface area contributed by atoms with E-state index in [1.54, 1.807) is 19.1 Å². The number of hydrogen-bond donors (Lipinski definition) is 0. The molecule has 0 fully saturated rings. The van der Waals surface area contributed by atoms with Crippen LogP contribution in [0.4, 0.5) is 0 Å². The molecule has 1 aromatic rings. The minimum absolute atomic E-state index is 0.361. The minimum atomic E-state index is -0.361. The van der Waals surface area contributed by atoms with Crippen LogP contribution in [-0.4, -0.2) is 5.97 Å². The van der Waals surface area contributed by atoms with Crippen LogP contribution in [0.5, 0.6) is 0 Å². The molecule has 0 saturated carbocycles. The molecule has 0 atom stereocenters. The van der Waals surface area contributed by atoms with E-state index in [1.165, 1.54) is 12.3 Å². The molecule has 0 amide bonds. The Kier molecular flexibility index (Phi) is 4.21. The summed E-state index contributed by atoms with van der Waals surface area (Å²) in [7, 11) is 0. The Morgan fingerprint density at radius 1 is 1.29 bits per heavy atom. The van der Waals surface area contributed by atoms with Crippen molar-refractivity contribution in [2.45, 2.75) is 6.92 Å². The van der Waals surface area contributed by atoms with Crippen LogP contribution in [0.3, 0.4) is 0 Å². The first-order valence-corrected chi connectivity index (χ1v) is 4.38. The molecule has 1 rings (SSSR count). The first kappa shape index (κ1) is 10.3. The van der Waals surface area contributed by atoms with E-state index in [2.05, 4.69) is 0 Å². The molecule has 0 radical (unpaired) electrons. The average Bonchev–Trinajstić information content (AvgIpc) is 2.20. The van der Waals surface area contributed by atoms with Crippen LogP contribution in [-0.2, 0) is 9.53 Å². The van der Waals surface area contributed by atoms with Crippen molar-refractivity contribution < 1.29 is 9.53 Å². The molecule has 2 heteroatoms. The van der Waals surface area contributed by atoms with Crippen molar-refractivity contribution in [3.63, 3.8) is 0 Å². The highest BCUT2D eigenvalue weighted by Gasteiger charge is 1.90. The summed E-state index contributed by atoms with van der Waals surface area (Å²) >= 11 is 0. The lowest BCUT2D eigenvalue weighted by Gasteiger charge is -1.92. The van der Waals surface area contributed by atoms with Gasteiger partial charge in [-0.25, -0.2) is 4.79 Å². The fourth-order valence-corrected chi connectivity index (χ4v) is 0.919. The number of ether oxygens (including phenoxy) is 1. The lowest BCUT2D eigenvalue weighted by molar-refractivity contribution is -0.132. The Morgan fingerprint density at radius 2 is 2.00 bits per heavy atom. The Morgan fingerprint density at radius 3 is 2.64 bits per heavy atom. The van der Waals surface area contributed by atoms with Crippen molar-refractivity contribution in [1.82, 2.24) is 0 Å². The van der Waals surface area contributed by atoms with Gasteiger partial charge in [0.1, 0.15) is 0 Å². The van der Waals surface area contributed by atoms with Crippen LogP contribution >= 0.6 is 0 Å². The van der Waals surface area contributed by atoms with Gasteiger partial charge >= 0.3 is 5.97 Å². The van der Waals surface area contributed by atoms with E-state index >= 15 is 0 Å². The number of allylic oxidation sites excluding steroid dienone is 1. The molecule has 0 bridgehead atoms. The third kappa shape index (κ3) is 3.72. The zero-order chi connectivity index (χ0) is 10.2. The van der Waals surface area contributed by atoms with Gasteiger partial charge in [-0.3, -0.25) is 0 Å². The van der Waals surface area contributed by atoms with Crippen LogP contribution in [0, 0.1) is 0 Å². The van der Waals surface area contributed by atoms with E-state index in [0.717, 1.165) is 5.56 Å². The molecule has 0 aromatic heterocycles. The summed E-state index contributed by atoms with van der Waals surface area (Å²) in [6.45, 7) is 1.77. The molecule has 14 heavy (non-hydrogen) atoms. The van der Waals surface area contributed by atoms with Crippen LogP contribution < -0.4 is 0 Å². The third-order valence-electron chi connectivity index (χ3n) is 1.55. The summed E-state index contributed by atoms with van der Waals surface area (Å²) in [5, 5.41) is 0. The summed E-state index contributed by atoms with van der Waals surface area (Å²) in [6, 6.07) is 9.64. The molecule has 0 spiro atoms. The van der Waals surface area contributed by atoms with Gasteiger partial charge in [0.05, 0.1) is 6.26 Å². The maximum Gasteiger partial charge on any atom is 0.335 e.